The number of carboxylic acid groups (broad SMARTS) is 1. The Morgan fingerprint density at radius 1 is 1.48 bits per heavy atom. The molecule has 1 aromatic rings. The Balaban J connectivity index is 1.77. The van der Waals surface area contributed by atoms with Gasteiger partial charge in [0, 0.05) is 24.9 Å². The molecule has 1 N–H and O–H groups in total. The summed E-state index contributed by atoms with van der Waals surface area (Å²) in [6.07, 6.45) is 3.11. The molecule has 1 saturated heterocycles. The quantitative estimate of drug-likeness (QED) is 0.651. The molecule has 5 nitrogen and oxygen atoms in total. The van der Waals surface area contributed by atoms with Crippen molar-refractivity contribution in [3.05, 3.63) is 34.2 Å². The number of fused-ring (bicyclic) bond motifs is 1. The second kappa shape index (κ2) is 6.72. The van der Waals surface area contributed by atoms with Gasteiger partial charge in [0.25, 0.3) is 5.91 Å². The third-order valence-electron chi connectivity index (χ3n) is 3.71. The topological polar surface area (TPSA) is 66.8 Å². The molecule has 1 aromatic carbocycles. The number of nitrogens with zero attached hydrogens (tertiary/aromatic N) is 1. The van der Waals surface area contributed by atoms with Gasteiger partial charge >= 0.3 is 5.97 Å². The van der Waals surface area contributed by atoms with Gasteiger partial charge in [-0.1, -0.05) is 36.1 Å². The van der Waals surface area contributed by atoms with E-state index in [0.717, 1.165) is 23.3 Å². The highest BCUT2D eigenvalue weighted by Gasteiger charge is 2.32. The lowest BCUT2D eigenvalue weighted by Gasteiger charge is -2.13. The smallest absolute Gasteiger partial charge is 0.303 e. The summed E-state index contributed by atoms with van der Waals surface area (Å²) in [5.41, 5.74) is 2.09. The minimum Gasteiger partial charge on any atom is -0.493 e. The fourth-order valence-corrected chi connectivity index (χ4v) is 3.91. The fraction of sp³-hybridized carbons (Fsp3) is 0.312. The molecule has 0 radical (unpaired) electrons. The first-order chi connectivity index (χ1) is 11.1. The lowest BCUT2D eigenvalue weighted by atomic mass is 10.0. The van der Waals surface area contributed by atoms with Gasteiger partial charge in [-0.15, -0.1) is 0 Å². The number of thioether (sulfide) groups is 1. The number of thiocarbonyl (C=S) groups is 1. The van der Waals surface area contributed by atoms with Crippen molar-refractivity contribution in [1.82, 2.24) is 4.90 Å². The maximum atomic E-state index is 12.5. The van der Waals surface area contributed by atoms with Gasteiger partial charge in [-0.3, -0.25) is 14.5 Å². The van der Waals surface area contributed by atoms with E-state index < -0.39 is 5.97 Å². The van der Waals surface area contributed by atoms with Crippen LogP contribution in [0.25, 0.3) is 6.08 Å². The summed E-state index contributed by atoms with van der Waals surface area (Å²) < 4.78 is 6.02. The van der Waals surface area contributed by atoms with Crippen LogP contribution in [0.2, 0.25) is 0 Å². The van der Waals surface area contributed by atoms with E-state index in [1.165, 1.54) is 16.7 Å². The molecule has 7 heteroatoms. The Labute approximate surface area is 143 Å². The van der Waals surface area contributed by atoms with E-state index >= 15 is 0 Å². The van der Waals surface area contributed by atoms with Crippen LogP contribution in [-0.4, -0.2) is 39.4 Å². The van der Waals surface area contributed by atoms with E-state index in [-0.39, 0.29) is 12.3 Å². The van der Waals surface area contributed by atoms with Crippen molar-refractivity contribution in [2.24, 2.45) is 0 Å². The van der Waals surface area contributed by atoms with Crippen LogP contribution in [-0.2, 0) is 16.0 Å². The number of aliphatic carboxylic acids is 1. The molecule has 3 rings (SSSR count). The van der Waals surface area contributed by atoms with Gasteiger partial charge < -0.3 is 9.84 Å². The number of carboxylic acids is 1. The Hall–Kier alpha value is -1.86. The highest BCUT2D eigenvalue weighted by molar-refractivity contribution is 8.26. The summed E-state index contributed by atoms with van der Waals surface area (Å²) in [6.45, 7) is 1.00. The van der Waals surface area contributed by atoms with E-state index in [0.29, 0.717) is 28.8 Å². The summed E-state index contributed by atoms with van der Waals surface area (Å²) in [7, 11) is 0. The van der Waals surface area contributed by atoms with Crippen LogP contribution in [0.5, 0.6) is 5.75 Å². The number of hydrogen-bond donors (Lipinski definition) is 1. The molecular weight excluding hydrogens is 334 g/mol. The Bertz CT molecular complexity index is 714. The van der Waals surface area contributed by atoms with Gasteiger partial charge in [-0.05, 0) is 24.1 Å². The Kier molecular flexibility index (Phi) is 4.68. The van der Waals surface area contributed by atoms with Crippen LogP contribution in [0.3, 0.4) is 0 Å². The molecule has 0 spiro atoms. The first kappa shape index (κ1) is 16.0. The van der Waals surface area contributed by atoms with Crippen LogP contribution in [0, 0.1) is 0 Å². The average molecular weight is 349 g/mol. The summed E-state index contributed by atoms with van der Waals surface area (Å²) in [6, 6.07) is 5.80. The van der Waals surface area contributed by atoms with Crippen molar-refractivity contribution >= 4 is 46.3 Å². The van der Waals surface area contributed by atoms with E-state index in [4.69, 9.17) is 22.1 Å². The lowest BCUT2D eigenvalue weighted by Crippen LogP contribution is -2.29. The molecule has 120 valence electrons. The number of rotatable bonds is 5. The average Bonchev–Trinajstić information content (AvgIpc) is 3.08. The van der Waals surface area contributed by atoms with Gasteiger partial charge in [-0.25, -0.2) is 0 Å². The number of benzene rings is 1. The van der Waals surface area contributed by atoms with Crippen molar-refractivity contribution in [2.75, 3.05) is 13.2 Å². The monoisotopic (exact) mass is 349 g/mol. The van der Waals surface area contributed by atoms with Crippen LogP contribution in [0.4, 0.5) is 0 Å². The van der Waals surface area contributed by atoms with E-state index in [9.17, 15) is 9.59 Å². The van der Waals surface area contributed by atoms with Gasteiger partial charge in [-0.2, -0.15) is 0 Å². The molecule has 2 heterocycles. The fourth-order valence-electron chi connectivity index (χ4n) is 2.61. The molecule has 2 aliphatic heterocycles. The summed E-state index contributed by atoms with van der Waals surface area (Å²) in [5.74, 6) is -0.150. The zero-order valence-electron chi connectivity index (χ0n) is 12.3. The first-order valence-corrected chi connectivity index (χ1v) is 8.50. The molecule has 0 atom stereocenters. The molecule has 0 unspecified atom stereocenters. The Morgan fingerprint density at radius 2 is 2.30 bits per heavy atom. The zero-order chi connectivity index (χ0) is 16.4. The molecule has 1 fully saturated rings. The largest absolute Gasteiger partial charge is 0.493 e. The van der Waals surface area contributed by atoms with Gasteiger partial charge in [0.1, 0.15) is 10.1 Å². The van der Waals surface area contributed by atoms with Crippen LogP contribution < -0.4 is 4.74 Å². The number of carbonyl (C=O) groups is 2. The second-order valence-electron chi connectivity index (χ2n) is 5.25. The van der Waals surface area contributed by atoms with Crippen molar-refractivity contribution in [2.45, 2.75) is 19.3 Å². The summed E-state index contributed by atoms with van der Waals surface area (Å²) in [4.78, 5) is 25.1. The molecule has 23 heavy (non-hydrogen) atoms. The van der Waals surface area contributed by atoms with Crippen molar-refractivity contribution in [3.8, 4) is 5.75 Å². The predicted octanol–water partition coefficient (Wildman–Crippen LogP) is 2.69. The Morgan fingerprint density at radius 3 is 3.09 bits per heavy atom. The molecule has 0 aromatic heterocycles. The number of amides is 1. The third kappa shape index (κ3) is 3.40. The molecule has 1 amide bonds. The predicted molar refractivity (Wildman–Crippen MR) is 92.4 cm³/mol. The van der Waals surface area contributed by atoms with E-state index in [1.54, 1.807) is 0 Å². The molecule has 0 bridgehead atoms. The number of ether oxygens (including phenoxy) is 1. The van der Waals surface area contributed by atoms with E-state index in [2.05, 4.69) is 0 Å². The highest BCUT2D eigenvalue weighted by Crippen LogP contribution is 2.35. The van der Waals surface area contributed by atoms with E-state index in [1.807, 2.05) is 24.3 Å². The van der Waals surface area contributed by atoms with Gasteiger partial charge in [0.05, 0.1) is 11.5 Å². The van der Waals surface area contributed by atoms with Gasteiger partial charge in [0.2, 0.25) is 0 Å². The molecule has 0 aliphatic carbocycles. The third-order valence-corrected chi connectivity index (χ3v) is 5.09. The number of carbonyl (C=O) groups excluding carboxylic acids is 1. The highest BCUT2D eigenvalue weighted by atomic mass is 32.2. The van der Waals surface area contributed by atoms with Crippen LogP contribution in [0.15, 0.2) is 23.1 Å². The molecular formula is C16H15NO4S2. The summed E-state index contributed by atoms with van der Waals surface area (Å²) in [5, 5.41) is 8.69. The van der Waals surface area contributed by atoms with Crippen LogP contribution in [0.1, 0.15) is 24.0 Å². The maximum Gasteiger partial charge on any atom is 0.303 e. The molecule has 0 saturated carbocycles. The second-order valence-corrected chi connectivity index (χ2v) is 6.93. The number of hydrogen-bond acceptors (Lipinski definition) is 5. The first-order valence-electron chi connectivity index (χ1n) is 7.28. The lowest BCUT2D eigenvalue weighted by molar-refractivity contribution is -0.137. The van der Waals surface area contributed by atoms with Crippen LogP contribution >= 0.6 is 24.0 Å². The standard InChI is InChI=1S/C16H15NO4S2/c18-14(19)5-2-7-17-15(20)13(23-16(17)22)9-10-3-1-4-12-11(10)6-8-21-12/h1,3-4,9H,2,5-8H2,(H,18,19). The van der Waals surface area contributed by atoms with Crippen molar-refractivity contribution in [1.29, 1.82) is 0 Å². The SMILES string of the molecule is O=C(O)CCCN1C(=O)C(=Cc2cccc3c2CCO3)SC1=S. The maximum absolute atomic E-state index is 12.5. The minimum atomic E-state index is -0.870. The van der Waals surface area contributed by atoms with Crippen molar-refractivity contribution in [3.63, 3.8) is 0 Å². The van der Waals surface area contributed by atoms with Crippen molar-refractivity contribution < 1.29 is 19.4 Å². The normalized spacial score (nSPS) is 18.4. The minimum absolute atomic E-state index is 0.0274. The summed E-state index contributed by atoms with van der Waals surface area (Å²) >= 11 is 6.51. The molecule has 2 aliphatic rings. The van der Waals surface area contributed by atoms with Gasteiger partial charge in [0.15, 0.2) is 0 Å². The zero-order valence-corrected chi connectivity index (χ0v) is 13.9.